The normalized spacial score (nSPS) is 19.4. The first-order valence-corrected chi connectivity index (χ1v) is 14.5. The second-order valence-electron chi connectivity index (χ2n) is 10.0. The Kier molecular flexibility index (Phi) is 9.00. The van der Waals surface area contributed by atoms with Crippen LogP contribution in [0, 0.1) is 0 Å². The average molecular weight is 555 g/mol. The van der Waals surface area contributed by atoms with Crippen LogP contribution in [0.25, 0.3) is 0 Å². The maximum Gasteiger partial charge on any atom is 0.573 e. The lowest BCUT2D eigenvalue weighted by Gasteiger charge is -2.29. The lowest BCUT2D eigenvalue weighted by molar-refractivity contribution is -0.274. The van der Waals surface area contributed by atoms with Crippen LogP contribution in [0.2, 0.25) is 0 Å². The van der Waals surface area contributed by atoms with Gasteiger partial charge in [-0.2, -0.15) is 0 Å². The Morgan fingerprint density at radius 2 is 1.79 bits per heavy atom. The van der Waals surface area contributed by atoms with E-state index in [1.165, 1.54) is 30.4 Å². The molecule has 208 valence electrons. The lowest BCUT2D eigenvalue weighted by atomic mass is 9.86. The van der Waals surface area contributed by atoms with E-state index in [0.29, 0.717) is 0 Å². The van der Waals surface area contributed by atoms with Gasteiger partial charge in [0, 0.05) is 6.54 Å². The van der Waals surface area contributed by atoms with Gasteiger partial charge in [-0.25, -0.2) is 8.42 Å². The molecule has 38 heavy (non-hydrogen) atoms. The highest BCUT2D eigenvalue weighted by molar-refractivity contribution is 7.91. The highest BCUT2D eigenvalue weighted by Crippen LogP contribution is 2.31. The van der Waals surface area contributed by atoms with Crippen LogP contribution < -0.4 is 10.1 Å². The predicted molar refractivity (Wildman–Crippen MR) is 135 cm³/mol. The van der Waals surface area contributed by atoms with Gasteiger partial charge in [-0.05, 0) is 86.1 Å². The van der Waals surface area contributed by atoms with Crippen molar-refractivity contribution in [1.82, 2.24) is 10.2 Å². The molecule has 1 amide bonds. The number of amides is 1. The van der Waals surface area contributed by atoms with Gasteiger partial charge >= 0.3 is 6.36 Å². The van der Waals surface area contributed by atoms with E-state index in [9.17, 15) is 31.5 Å². The second-order valence-corrected chi connectivity index (χ2v) is 12.1. The number of rotatable bonds is 9. The third-order valence-electron chi connectivity index (χ3n) is 6.96. The number of likely N-dealkylation sites (tertiary alicyclic amines) is 1. The Morgan fingerprint density at radius 3 is 2.47 bits per heavy atom. The first kappa shape index (κ1) is 28.4. The van der Waals surface area contributed by atoms with E-state index in [1.807, 2.05) is 0 Å². The van der Waals surface area contributed by atoms with Crippen molar-refractivity contribution in [2.75, 3.05) is 18.8 Å². The summed E-state index contributed by atoms with van der Waals surface area (Å²) in [6, 6.07) is 9.89. The number of carbonyl (C=O) groups excluding carboxylic acids is 1. The number of nitrogens with one attached hydrogen (secondary N) is 1. The zero-order valence-electron chi connectivity index (χ0n) is 21.0. The number of aliphatic hydroxyl groups is 1. The van der Waals surface area contributed by atoms with Gasteiger partial charge in [0.2, 0.25) is 5.91 Å². The van der Waals surface area contributed by atoms with Crippen LogP contribution in [0.5, 0.6) is 5.75 Å². The summed E-state index contributed by atoms with van der Waals surface area (Å²) in [7, 11) is -4.04. The molecule has 0 radical (unpaired) electrons. The molecule has 0 saturated carbocycles. The molecule has 2 N–H and O–H groups in total. The number of ether oxygens (including phenoxy) is 1. The zero-order chi connectivity index (χ0) is 27.3. The molecular formula is C27H33F3N2O5S. The SMILES string of the molecule is O=C(CC(O)CS(=O)(=O)c1ccc(OC(F)(F)F)cc1)NC1CCCc2cc(CN3CCCCC3)ccc21. The Morgan fingerprint density at radius 1 is 1.08 bits per heavy atom. The van der Waals surface area contributed by atoms with Crippen LogP contribution in [-0.2, 0) is 27.6 Å². The fraction of sp³-hybridized carbons (Fsp3) is 0.519. The van der Waals surface area contributed by atoms with Crippen molar-refractivity contribution in [3.05, 3.63) is 59.2 Å². The van der Waals surface area contributed by atoms with Crippen LogP contribution in [0.4, 0.5) is 13.2 Å². The van der Waals surface area contributed by atoms with E-state index < -0.39 is 46.1 Å². The first-order chi connectivity index (χ1) is 18.0. The molecule has 0 spiro atoms. The minimum absolute atomic E-state index is 0.208. The van der Waals surface area contributed by atoms with E-state index in [0.717, 1.165) is 68.7 Å². The number of aliphatic hydroxyl groups excluding tert-OH is 1. The van der Waals surface area contributed by atoms with Crippen molar-refractivity contribution in [1.29, 1.82) is 0 Å². The topological polar surface area (TPSA) is 95.9 Å². The molecule has 2 aliphatic rings. The van der Waals surface area contributed by atoms with E-state index in [-0.39, 0.29) is 10.9 Å². The number of sulfone groups is 1. The Bertz CT molecular complexity index is 1210. The van der Waals surface area contributed by atoms with Crippen molar-refractivity contribution in [2.45, 2.75) is 74.9 Å². The first-order valence-electron chi connectivity index (χ1n) is 12.9. The van der Waals surface area contributed by atoms with Gasteiger partial charge in [0.25, 0.3) is 0 Å². The molecule has 1 aliphatic carbocycles. The van der Waals surface area contributed by atoms with Crippen LogP contribution in [0.3, 0.4) is 0 Å². The Hall–Kier alpha value is -2.63. The number of hydrogen-bond donors (Lipinski definition) is 2. The van der Waals surface area contributed by atoms with Crippen LogP contribution in [0.1, 0.15) is 61.3 Å². The summed E-state index contributed by atoms with van der Waals surface area (Å²) in [4.78, 5) is 14.9. The maximum absolute atomic E-state index is 12.7. The van der Waals surface area contributed by atoms with Gasteiger partial charge in [0.15, 0.2) is 9.84 Å². The largest absolute Gasteiger partial charge is 0.573 e. The minimum atomic E-state index is -4.89. The molecule has 4 rings (SSSR count). The molecule has 2 aromatic carbocycles. The standard InChI is InChI=1S/C27H33F3N2O5S/c28-27(29,30)37-22-8-10-23(11-9-22)38(35,36)18-21(33)16-26(34)31-25-6-4-5-20-15-19(7-12-24(20)25)17-32-13-2-1-3-14-32/h7-12,15,21,25,33H,1-6,13-14,16-18H2,(H,31,34). The number of hydrogen-bond acceptors (Lipinski definition) is 6. The third kappa shape index (κ3) is 7.94. The molecule has 1 heterocycles. The molecule has 0 bridgehead atoms. The minimum Gasteiger partial charge on any atom is -0.406 e. The molecule has 2 atom stereocenters. The number of aryl methyl sites for hydroxylation is 1. The molecule has 1 saturated heterocycles. The summed E-state index contributed by atoms with van der Waals surface area (Å²) in [5, 5.41) is 13.3. The van der Waals surface area contributed by atoms with E-state index in [1.54, 1.807) is 0 Å². The van der Waals surface area contributed by atoms with Gasteiger partial charge in [0.1, 0.15) is 5.75 Å². The second kappa shape index (κ2) is 12.0. The van der Waals surface area contributed by atoms with Gasteiger partial charge in [-0.1, -0.05) is 24.6 Å². The summed E-state index contributed by atoms with van der Waals surface area (Å²) in [6.45, 7) is 3.15. The number of halogens is 3. The molecule has 1 fully saturated rings. The highest BCUT2D eigenvalue weighted by atomic mass is 32.2. The molecule has 2 unspecified atom stereocenters. The van der Waals surface area contributed by atoms with Crippen molar-refractivity contribution in [2.24, 2.45) is 0 Å². The summed E-state index contributed by atoms with van der Waals surface area (Å²) in [5.41, 5.74) is 3.52. The molecule has 7 nitrogen and oxygen atoms in total. The number of piperidine rings is 1. The van der Waals surface area contributed by atoms with Crippen LogP contribution in [0.15, 0.2) is 47.4 Å². The van der Waals surface area contributed by atoms with Gasteiger partial charge in [-0.3, -0.25) is 9.69 Å². The number of carbonyl (C=O) groups is 1. The third-order valence-corrected chi connectivity index (χ3v) is 8.78. The number of nitrogens with zero attached hydrogens (tertiary/aromatic N) is 1. The molecular weight excluding hydrogens is 521 g/mol. The number of alkyl halides is 3. The van der Waals surface area contributed by atoms with E-state index >= 15 is 0 Å². The van der Waals surface area contributed by atoms with Gasteiger partial charge < -0.3 is 15.2 Å². The summed E-state index contributed by atoms with van der Waals surface area (Å²) >= 11 is 0. The molecule has 1 aliphatic heterocycles. The number of benzene rings is 2. The predicted octanol–water partition coefficient (Wildman–Crippen LogP) is 4.29. The fourth-order valence-electron chi connectivity index (χ4n) is 5.22. The van der Waals surface area contributed by atoms with E-state index in [4.69, 9.17) is 0 Å². The van der Waals surface area contributed by atoms with Crippen LogP contribution in [-0.4, -0.2) is 55.6 Å². The maximum atomic E-state index is 12.7. The zero-order valence-corrected chi connectivity index (χ0v) is 21.9. The molecule has 2 aromatic rings. The quantitative estimate of drug-likeness (QED) is 0.480. The van der Waals surface area contributed by atoms with Crippen molar-refractivity contribution in [3.8, 4) is 5.75 Å². The summed E-state index contributed by atoms with van der Waals surface area (Å²) in [6.07, 6.45) is -0.418. The lowest BCUT2D eigenvalue weighted by Crippen LogP contribution is -2.35. The Labute approximate surface area is 220 Å². The molecule has 11 heteroatoms. The fourth-order valence-corrected chi connectivity index (χ4v) is 6.58. The van der Waals surface area contributed by atoms with Gasteiger partial charge in [0.05, 0.1) is 29.2 Å². The average Bonchev–Trinajstić information content (AvgIpc) is 2.83. The highest BCUT2D eigenvalue weighted by Gasteiger charge is 2.31. The summed E-state index contributed by atoms with van der Waals surface area (Å²) < 4.78 is 65.9. The van der Waals surface area contributed by atoms with Crippen molar-refractivity contribution < 1.29 is 36.2 Å². The monoisotopic (exact) mass is 554 g/mol. The smallest absolute Gasteiger partial charge is 0.406 e. The van der Waals surface area contributed by atoms with Crippen LogP contribution >= 0.6 is 0 Å². The summed E-state index contributed by atoms with van der Waals surface area (Å²) in [5.74, 6) is -1.75. The Balaban J connectivity index is 1.31. The number of fused-ring (bicyclic) bond motifs is 1. The van der Waals surface area contributed by atoms with Crippen molar-refractivity contribution >= 4 is 15.7 Å². The van der Waals surface area contributed by atoms with Crippen molar-refractivity contribution in [3.63, 3.8) is 0 Å². The van der Waals surface area contributed by atoms with E-state index in [2.05, 4.69) is 33.2 Å². The molecule has 0 aromatic heterocycles. The van der Waals surface area contributed by atoms with Gasteiger partial charge in [-0.15, -0.1) is 13.2 Å².